The van der Waals surface area contributed by atoms with E-state index >= 15 is 0 Å². The standard InChI is InChI=1S/C18H30N6O3/c1-2-23-13-20-22-16(23)8-9-19-17(25)15-12-24(10-11-27-15)18(26)21-14-6-4-3-5-7-14/h13-15H,2-12H2,1H3,(H,19,25)(H,21,26). The van der Waals surface area contributed by atoms with E-state index in [0.717, 1.165) is 25.2 Å². The third-order valence-corrected chi connectivity index (χ3v) is 5.26. The SMILES string of the molecule is CCn1cnnc1CCNC(=O)C1CN(C(=O)NC2CCCCC2)CCO1. The van der Waals surface area contributed by atoms with E-state index in [1.165, 1.54) is 19.3 Å². The molecule has 9 nitrogen and oxygen atoms in total. The predicted octanol–water partition coefficient (Wildman–Crippen LogP) is 0.700. The number of aromatic nitrogens is 3. The van der Waals surface area contributed by atoms with Crippen LogP contribution < -0.4 is 10.6 Å². The molecule has 150 valence electrons. The molecule has 1 atom stereocenters. The molecule has 1 unspecified atom stereocenters. The van der Waals surface area contributed by atoms with Crippen molar-refractivity contribution in [2.45, 2.75) is 64.1 Å². The van der Waals surface area contributed by atoms with E-state index in [2.05, 4.69) is 20.8 Å². The van der Waals surface area contributed by atoms with Crippen molar-refractivity contribution < 1.29 is 14.3 Å². The van der Waals surface area contributed by atoms with Gasteiger partial charge in [-0.2, -0.15) is 0 Å². The Morgan fingerprint density at radius 3 is 2.89 bits per heavy atom. The molecule has 27 heavy (non-hydrogen) atoms. The van der Waals surface area contributed by atoms with Crippen LogP contribution >= 0.6 is 0 Å². The van der Waals surface area contributed by atoms with Crippen molar-refractivity contribution in [2.75, 3.05) is 26.2 Å². The molecule has 2 aliphatic rings. The minimum absolute atomic E-state index is 0.0842. The van der Waals surface area contributed by atoms with Crippen LogP contribution in [-0.2, 0) is 22.5 Å². The smallest absolute Gasteiger partial charge is 0.317 e. The topological polar surface area (TPSA) is 101 Å². The Balaban J connectivity index is 1.42. The molecule has 0 aromatic carbocycles. The fourth-order valence-electron chi connectivity index (χ4n) is 3.65. The maximum Gasteiger partial charge on any atom is 0.317 e. The van der Waals surface area contributed by atoms with E-state index in [0.29, 0.717) is 26.1 Å². The second-order valence-electron chi connectivity index (χ2n) is 7.16. The lowest BCUT2D eigenvalue weighted by Crippen LogP contribution is -2.55. The molecule has 9 heteroatoms. The Labute approximate surface area is 159 Å². The van der Waals surface area contributed by atoms with E-state index in [4.69, 9.17) is 4.74 Å². The number of carbonyl (C=O) groups excluding carboxylic acids is 2. The minimum Gasteiger partial charge on any atom is -0.365 e. The third kappa shape index (κ3) is 5.41. The molecule has 1 aromatic rings. The van der Waals surface area contributed by atoms with Crippen LogP contribution in [0.1, 0.15) is 44.9 Å². The average Bonchev–Trinajstić information content (AvgIpc) is 3.16. The average molecular weight is 378 g/mol. The van der Waals surface area contributed by atoms with Crippen molar-refractivity contribution >= 4 is 11.9 Å². The lowest BCUT2D eigenvalue weighted by Gasteiger charge is -2.34. The third-order valence-electron chi connectivity index (χ3n) is 5.26. The molecular weight excluding hydrogens is 348 g/mol. The van der Waals surface area contributed by atoms with Gasteiger partial charge < -0.3 is 24.8 Å². The highest BCUT2D eigenvalue weighted by Crippen LogP contribution is 2.18. The van der Waals surface area contributed by atoms with Gasteiger partial charge in [-0.15, -0.1) is 10.2 Å². The quantitative estimate of drug-likeness (QED) is 0.759. The Kier molecular flexibility index (Phi) is 7.03. The highest BCUT2D eigenvalue weighted by atomic mass is 16.5. The number of hydrogen-bond acceptors (Lipinski definition) is 5. The second-order valence-corrected chi connectivity index (χ2v) is 7.16. The zero-order valence-electron chi connectivity index (χ0n) is 16.0. The van der Waals surface area contributed by atoms with E-state index < -0.39 is 6.10 Å². The van der Waals surface area contributed by atoms with E-state index in [9.17, 15) is 9.59 Å². The van der Waals surface area contributed by atoms with Crippen LogP contribution in [0.4, 0.5) is 4.79 Å². The predicted molar refractivity (Wildman–Crippen MR) is 99.1 cm³/mol. The first-order chi connectivity index (χ1) is 13.2. The molecule has 1 aliphatic carbocycles. The van der Waals surface area contributed by atoms with Crippen LogP contribution in [0.15, 0.2) is 6.33 Å². The molecule has 0 radical (unpaired) electrons. The van der Waals surface area contributed by atoms with Crippen molar-refractivity contribution in [2.24, 2.45) is 0 Å². The maximum absolute atomic E-state index is 12.5. The van der Waals surface area contributed by atoms with Crippen molar-refractivity contribution in [3.8, 4) is 0 Å². The zero-order chi connectivity index (χ0) is 19.1. The Bertz CT molecular complexity index is 628. The number of hydrogen-bond donors (Lipinski definition) is 2. The number of rotatable bonds is 6. The van der Waals surface area contributed by atoms with Gasteiger partial charge >= 0.3 is 6.03 Å². The monoisotopic (exact) mass is 378 g/mol. The first-order valence-corrected chi connectivity index (χ1v) is 9.98. The molecule has 1 saturated carbocycles. The highest BCUT2D eigenvalue weighted by molar-refractivity contribution is 5.82. The molecule has 1 saturated heterocycles. The molecule has 2 fully saturated rings. The summed E-state index contributed by atoms with van der Waals surface area (Å²) in [6.07, 6.45) is 7.35. The summed E-state index contributed by atoms with van der Waals surface area (Å²) < 4.78 is 7.52. The lowest BCUT2D eigenvalue weighted by molar-refractivity contribution is -0.137. The van der Waals surface area contributed by atoms with Gasteiger partial charge in [0.25, 0.3) is 5.91 Å². The molecule has 1 aromatic heterocycles. The molecule has 1 aliphatic heterocycles. The molecule has 2 heterocycles. The lowest BCUT2D eigenvalue weighted by atomic mass is 9.96. The van der Waals surface area contributed by atoms with E-state index in [-0.39, 0.29) is 24.5 Å². The molecular formula is C18H30N6O3. The van der Waals surface area contributed by atoms with Crippen LogP contribution in [0.25, 0.3) is 0 Å². The maximum atomic E-state index is 12.5. The molecule has 2 N–H and O–H groups in total. The fraction of sp³-hybridized carbons (Fsp3) is 0.778. The Morgan fingerprint density at radius 1 is 1.30 bits per heavy atom. The van der Waals surface area contributed by atoms with Crippen molar-refractivity contribution in [3.63, 3.8) is 0 Å². The first-order valence-electron chi connectivity index (χ1n) is 9.98. The van der Waals surface area contributed by atoms with Crippen LogP contribution in [0.2, 0.25) is 0 Å². The molecule has 3 rings (SSSR count). The van der Waals surface area contributed by atoms with Crippen LogP contribution in [0.3, 0.4) is 0 Å². The number of aryl methyl sites for hydroxylation is 1. The molecule has 0 bridgehead atoms. The van der Waals surface area contributed by atoms with Gasteiger partial charge in [-0.1, -0.05) is 19.3 Å². The number of urea groups is 1. The second kappa shape index (κ2) is 9.68. The Morgan fingerprint density at radius 2 is 2.11 bits per heavy atom. The molecule has 0 spiro atoms. The Hall–Kier alpha value is -2.16. The summed E-state index contributed by atoms with van der Waals surface area (Å²) in [5.74, 6) is 0.656. The number of amides is 3. The van der Waals surface area contributed by atoms with Crippen molar-refractivity contribution in [1.82, 2.24) is 30.3 Å². The zero-order valence-corrected chi connectivity index (χ0v) is 16.0. The van der Waals surface area contributed by atoms with Crippen LogP contribution in [0, 0.1) is 0 Å². The molecule has 3 amide bonds. The number of morpholine rings is 1. The van der Waals surface area contributed by atoms with Crippen molar-refractivity contribution in [3.05, 3.63) is 12.2 Å². The highest BCUT2D eigenvalue weighted by Gasteiger charge is 2.30. The van der Waals surface area contributed by atoms with Gasteiger partial charge in [0.15, 0.2) is 6.10 Å². The van der Waals surface area contributed by atoms with Gasteiger partial charge in [-0.05, 0) is 19.8 Å². The van der Waals surface area contributed by atoms with E-state index in [1.54, 1.807) is 11.2 Å². The largest absolute Gasteiger partial charge is 0.365 e. The number of ether oxygens (including phenoxy) is 1. The summed E-state index contributed by atoms with van der Waals surface area (Å²) in [7, 11) is 0. The van der Waals surface area contributed by atoms with Gasteiger partial charge in [0.1, 0.15) is 12.2 Å². The van der Waals surface area contributed by atoms with Crippen LogP contribution in [-0.4, -0.2) is 70.0 Å². The summed E-state index contributed by atoms with van der Waals surface area (Å²) in [4.78, 5) is 26.6. The number of carbonyl (C=O) groups is 2. The van der Waals surface area contributed by atoms with Gasteiger partial charge in [0.2, 0.25) is 0 Å². The summed E-state index contributed by atoms with van der Waals surface area (Å²) >= 11 is 0. The summed E-state index contributed by atoms with van der Waals surface area (Å²) in [6.45, 7) is 4.46. The fourth-order valence-corrected chi connectivity index (χ4v) is 3.65. The van der Waals surface area contributed by atoms with Gasteiger partial charge in [0.05, 0.1) is 13.2 Å². The summed E-state index contributed by atoms with van der Waals surface area (Å²) in [6, 6.07) is 0.177. The van der Waals surface area contributed by atoms with Crippen LogP contribution in [0.5, 0.6) is 0 Å². The first kappa shape index (κ1) is 19.6. The van der Waals surface area contributed by atoms with E-state index in [1.807, 2.05) is 11.5 Å². The minimum atomic E-state index is -0.625. The van der Waals surface area contributed by atoms with Gasteiger partial charge in [-0.3, -0.25) is 4.79 Å². The van der Waals surface area contributed by atoms with Gasteiger partial charge in [-0.25, -0.2) is 4.79 Å². The summed E-state index contributed by atoms with van der Waals surface area (Å²) in [5, 5.41) is 13.9. The number of nitrogens with one attached hydrogen (secondary N) is 2. The summed E-state index contributed by atoms with van der Waals surface area (Å²) in [5.41, 5.74) is 0. The normalized spacial score (nSPS) is 21.1. The van der Waals surface area contributed by atoms with Gasteiger partial charge in [0, 0.05) is 32.1 Å². The van der Waals surface area contributed by atoms with Crippen molar-refractivity contribution in [1.29, 1.82) is 0 Å². The number of nitrogens with zero attached hydrogens (tertiary/aromatic N) is 4.